The number of hydrogen-bond donors (Lipinski definition) is 1. The van der Waals surface area contributed by atoms with Gasteiger partial charge in [-0.2, -0.15) is 0 Å². The first-order valence-electron chi connectivity index (χ1n) is 5.70. The third-order valence-electron chi connectivity index (χ3n) is 2.61. The molecular formula is C14H17NS2. The first-order chi connectivity index (χ1) is 8.29. The maximum absolute atomic E-state index is 5.84. The predicted octanol–water partition coefficient (Wildman–Crippen LogP) is 3.99. The number of thiophene rings is 1. The lowest BCUT2D eigenvalue weighted by molar-refractivity contribution is 0.959. The number of aryl methyl sites for hydroxylation is 1. The van der Waals surface area contributed by atoms with E-state index in [2.05, 4.69) is 48.7 Å². The Bertz CT molecular complexity index is 451. The van der Waals surface area contributed by atoms with Crippen molar-refractivity contribution < 1.29 is 0 Å². The lowest BCUT2D eigenvalue weighted by Gasteiger charge is -2.12. The molecule has 0 aliphatic rings. The van der Waals surface area contributed by atoms with Gasteiger partial charge in [-0.15, -0.1) is 23.1 Å². The van der Waals surface area contributed by atoms with Gasteiger partial charge in [0.25, 0.3) is 0 Å². The maximum Gasteiger partial charge on any atom is 0.0516 e. The molecule has 2 rings (SSSR count). The number of hydrogen-bond acceptors (Lipinski definition) is 3. The van der Waals surface area contributed by atoms with Crippen LogP contribution in [-0.2, 0) is 5.75 Å². The summed E-state index contributed by atoms with van der Waals surface area (Å²) in [5.41, 5.74) is 8.55. The Kier molecular flexibility index (Phi) is 4.66. The second-order valence-corrected chi connectivity index (χ2v) is 6.21. The highest BCUT2D eigenvalue weighted by Crippen LogP contribution is 2.33. The SMILES string of the molecule is Cc1cccc(CSC(CN)c2cccs2)c1. The van der Waals surface area contributed by atoms with Crippen LogP contribution in [0.3, 0.4) is 0 Å². The molecule has 17 heavy (non-hydrogen) atoms. The van der Waals surface area contributed by atoms with Crippen LogP contribution in [0.25, 0.3) is 0 Å². The fourth-order valence-electron chi connectivity index (χ4n) is 1.74. The molecular weight excluding hydrogens is 246 g/mol. The zero-order valence-corrected chi connectivity index (χ0v) is 11.6. The van der Waals surface area contributed by atoms with Gasteiger partial charge in [-0.1, -0.05) is 35.9 Å². The number of nitrogens with two attached hydrogens (primary N) is 1. The van der Waals surface area contributed by atoms with Crippen molar-refractivity contribution in [3.63, 3.8) is 0 Å². The summed E-state index contributed by atoms with van der Waals surface area (Å²) in [6.45, 7) is 2.84. The lowest BCUT2D eigenvalue weighted by Crippen LogP contribution is -2.08. The number of thioether (sulfide) groups is 1. The Labute approximate surface area is 111 Å². The summed E-state index contributed by atoms with van der Waals surface area (Å²) in [5.74, 6) is 1.03. The molecule has 1 unspecified atom stereocenters. The number of benzene rings is 1. The van der Waals surface area contributed by atoms with E-state index in [9.17, 15) is 0 Å². The van der Waals surface area contributed by atoms with Gasteiger partial charge in [-0.05, 0) is 23.9 Å². The van der Waals surface area contributed by atoms with E-state index in [4.69, 9.17) is 5.73 Å². The Morgan fingerprint density at radius 1 is 1.29 bits per heavy atom. The van der Waals surface area contributed by atoms with Crippen LogP contribution < -0.4 is 5.73 Å². The molecule has 0 fully saturated rings. The largest absolute Gasteiger partial charge is 0.329 e. The minimum Gasteiger partial charge on any atom is -0.329 e. The summed E-state index contributed by atoms with van der Waals surface area (Å²) in [7, 11) is 0. The van der Waals surface area contributed by atoms with Crippen LogP contribution in [0, 0.1) is 6.92 Å². The fourth-order valence-corrected chi connectivity index (χ4v) is 3.78. The Morgan fingerprint density at radius 2 is 2.18 bits per heavy atom. The maximum atomic E-state index is 5.84. The van der Waals surface area contributed by atoms with Gasteiger partial charge in [0.15, 0.2) is 0 Å². The van der Waals surface area contributed by atoms with Gasteiger partial charge in [0, 0.05) is 17.2 Å². The molecule has 2 aromatic rings. The third-order valence-corrected chi connectivity index (χ3v) is 5.09. The topological polar surface area (TPSA) is 26.0 Å². The highest BCUT2D eigenvalue weighted by atomic mass is 32.2. The van der Waals surface area contributed by atoms with E-state index in [1.165, 1.54) is 16.0 Å². The fraction of sp³-hybridized carbons (Fsp3) is 0.286. The van der Waals surface area contributed by atoms with E-state index in [1.54, 1.807) is 11.3 Å². The smallest absolute Gasteiger partial charge is 0.0516 e. The molecule has 1 atom stereocenters. The summed E-state index contributed by atoms with van der Waals surface area (Å²) in [6.07, 6.45) is 0. The van der Waals surface area contributed by atoms with Crippen molar-refractivity contribution in [3.8, 4) is 0 Å². The molecule has 1 aromatic carbocycles. The first-order valence-corrected chi connectivity index (χ1v) is 7.63. The number of rotatable bonds is 5. The Hall–Kier alpha value is -0.770. The minimum absolute atomic E-state index is 0.426. The van der Waals surface area contributed by atoms with E-state index in [0.29, 0.717) is 11.8 Å². The van der Waals surface area contributed by atoms with Crippen molar-refractivity contribution in [2.75, 3.05) is 6.54 Å². The zero-order chi connectivity index (χ0) is 12.1. The summed E-state index contributed by atoms with van der Waals surface area (Å²) < 4.78 is 0. The molecule has 1 aromatic heterocycles. The molecule has 0 saturated carbocycles. The van der Waals surface area contributed by atoms with Crippen molar-refractivity contribution in [1.82, 2.24) is 0 Å². The summed E-state index contributed by atoms with van der Waals surface area (Å²) in [6, 6.07) is 12.9. The van der Waals surface area contributed by atoms with Crippen LogP contribution in [0.4, 0.5) is 0 Å². The van der Waals surface area contributed by atoms with Crippen LogP contribution in [0.15, 0.2) is 41.8 Å². The zero-order valence-electron chi connectivity index (χ0n) is 9.93. The standard InChI is InChI=1S/C14H17NS2/c1-11-4-2-5-12(8-11)10-17-14(9-15)13-6-3-7-16-13/h2-8,14H,9-10,15H2,1H3. The summed E-state index contributed by atoms with van der Waals surface area (Å²) in [4.78, 5) is 1.38. The first kappa shape index (κ1) is 12.7. The van der Waals surface area contributed by atoms with Crippen molar-refractivity contribution in [2.24, 2.45) is 5.73 Å². The predicted molar refractivity (Wildman–Crippen MR) is 78.6 cm³/mol. The Balaban J connectivity index is 1.97. The highest BCUT2D eigenvalue weighted by Gasteiger charge is 2.11. The van der Waals surface area contributed by atoms with Crippen LogP contribution >= 0.6 is 23.1 Å². The molecule has 3 heteroatoms. The molecule has 0 saturated heterocycles. The molecule has 2 N–H and O–H groups in total. The molecule has 0 bridgehead atoms. The van der Waals surface area contributed by atoms with E-state index in [1.807, 2.05) is 11.8 Å². The molecule has 1 nitrogen and oxygen atoms in total. The highest BCUT2D eigenvalue weighted by molar-refractivity contribution is 7.98. The second kappa shape index (κ2) is 6.24. The van der Waals surface area contributed by atoms with Crippen molar-refractivity contribution in [2.45, 2.75) is 17.9 Å². The van der Waals surface area contributed by atoms with Crippen molar-refractivity contribution in [1.29, 1.82) is 0 Å². The van der Waals surface area contributed by atoms with Crippen LogP contribution in [0.2, 0.25) is 0 Å². The van der Waals surface area contributed by atoms with Gasteiger partial charge in [0.05, 0.1) is 5.25 Å². The van der Waals surface area contributed by atoms with E-state index in [-0.39, 0.29) is 0 Å². The van der Waals surface area contributed by atoms with Crippen molar-refractivity contribution in [3.05, 3.63) is 57.8 Å². The molecule has 90 valence electrons. The minimum atomic E-state index is 0.426. The molecule has 0 aliphatic carbocycles. The van der Waals surface area contributed by atoms with E-state index >= 15 is 0 Å². The molecule has 0 aliphatic heterocycles. The van der Waals surface area contributed by atoms with Gasteiger partial charge in [0.2, 0.25) is 0 Å². The molecule has 0 radical (unpaired) electrons. The quantitative estimate of drug-likeness (QED) is 0.882. The van der Waals surface area contributed by atoms with Gasteiger partial charge in [-0.3, -0.25) is 0 Å². The van der Waals surface area contributed by atoms with Crippen LogP contribution in [0.5, 0.6) is 0 Å². The molecule has 0 spiro atoms. The van der Waals surface area contributed by atoms with Gasteiger partial charge < -0.3 is 5.73 Å². The van der Waals surface area contributed by atoms with Gasteiger partial charge in [0.1, 0.15) is 0 Å². The Morgan fingerprint density at radius 3 is 2.82 bits per heavy atom. The lowest BCUT2D eigenvalue weighted by atomic mass is 10.2. The average molecular weight is 263 g/mol. The van der Waals surface area contributed by atoms with Gasteiger partial charge >= 0.3 is 0 Å². The molecule has 0 amide bonds. The van der Waals surface area contributed by atoms with Crippen LogP contribution in [-0.4, -0.2) is 6.54 Å². The average Bonchev–Trinajstić information content (AvgIpc) is 2.84. The summed E-state index contributed by atoms with van der Waals surface area (Å²) in [5, 5.41) is 2.54. The monoisotopic (exact) mass is 263 g/mol. The van der Waals surface area contributed by atoms with E-state index in [0.717, 1.165) is 5.75 Å². The third kappa shape index (κ3) is 3.60. The van der Waals surface area contributed by atoms with Crippen LogP contribution in [0.1, 0.15) is 21.3 Å². The van der Waals surface area contributed by atoms with E-state index < -0.39 is 0 Å². The van der Waals surface area contributed by atoms with Gasteiger partial charge in [-0.25, -0.2) is 0 Å². The normalized spacial score (nSPS) is 12.6. The molecule has 1 heterocycles. The second-order valence-electron chi connectivity index (χ2n) is 4.04. The van der Waals surface area contributed by atoms with Crippen molar-refractivity contribution >= 4 is 23.1 Å². The summed E-state index contributed by atoms with van der Waals surface area (Å²) >= 11 is 3.72.